The van der Waals surface area contributed by atoms with Crippen molar-refractivity contribution >= 4 is 0 Å². The minimum absolute atomic E-state index is 0.216. The molecule has 6 nitrogen and oxygen atoms in total. The van der Waals surface area contributed by atoms with Crippen molar-refractivity contribution in [2.75, 3.05) is 33.7 Å². The number of piperazine rings is 1. The number of aromatic nitrogens is 2. The maximum atomic E-state index is 6.05. The first-order chi connectivity index (χ1) is 8.08. The van der Waals surface area contributed by atoms with Crippen LogP contribution < -0.4 is 5.73 Å². The van der Waals surface area contributed by atoms with Gasteiger partial charge in [-0.1, -0.05) is 5.16 Å². The number of nitrogens with two attached hydrogens (primary N) is 1. The lowest BCUT2D eigenvalue weighted by molar-refractivity contribution is 0.108. The molecule has 1 aromatic rings. The van der Waals surface area contributed by atoms with Crippen LogP contribution in [-0.2, 0) is 5.54 Å². The Kier molecular flexibility index (Phi) is 2.46. The molecule has 1 saturated carbocycles. The Bertz CT molecular complexity index is 414. The van der Waals surface area contributed by atoms with Crippen LogP contribution >= 0.6 is 0 Å². The fraction of sp³-hybridized carbons (Fsp3) is 0.818. The Morgan fingerprint density at radius 3 is 2.82 bits per heavy atom. The van der Waals surface area contributed by atoms with Gasteiger partial charge in [0.15, 0.2) is 5.82 Å². The zero-order valence-corrected chi connectivity index (χ0v) is 10.4. The van der Waals surface area contributed by atoms with Gasteiger partial charge in [-0.3, -0.25) is 4.90 Å². The molecule has 2 fully saturated rings. The third-order valence-electron chi connectivity index (χ3n) is 3.81. The van der Waals surface area contributed by atoms with Crippen LogP contribution in [0.5, 0.6) is 0 Å². The van der Waals surface area contributed by atoms with E-state index in [1.54, 1.807) is 0 Å². The monoisotopic (exact) mass is 237 g/mol. The number of nitrogens with zero attached hydrogens (tertiary/aromatic N) is 4. The van der Waals surface area contributed by atoms with Crippen molar-refractivity contribution in [1.82, 2.24) is 19.9 Å². The molecule has 2 heterocycles. The summed E-state index contributed by atoms with van der Waals surface area (Å²) in [6.45, 7) is 3.05. The van der Waals surface area contributed by atoms with E-state index in [0.717, 1.165) is 38.3 Å². The van der Waals surface area contributed by atoms with E-state index in [-0.39, 0.29) is 11.6 Å². The lowest BCUT2D eigenvalue weighted by Crippen LogP contribution is -2.45. The summed E-state index contributed by atoms with van der Waals surface area (Å²) >= 11 is 0. The standard InChI is InChI=1S/C11H19N5O/c1-15-5-6-16(2)8(7-15)9-13-10(17-14-9)11(12)3-4-11/h8H,3-7,12H2,1-2H3. The van der Waals surface area contributed by atoms with Crippen LogP contribution in [0.1, 0.15) is 30.6 Å². The summed E-state index contributed by atoms with van der Waals surface area (Å²) in [7, 11) is 4.22. The predicted octanol–water partition coefficient (Wildman–Crippen LogP) is -0.0643. The van der Waals surface area contributed by atoms with Gasteiger partial charge < -0.3 is 15.2 Å². The van der Waals surface area contributed by atoms with E-state index in [4.69, 9.17) is 10.3 Å². The molecular formula is C11H19N5O. The lowest BCUT2D eigenvalue weighted by atomic mass is 10.2. The molecule has 0 radical (unpaired) electrons. The highest BCUT2D eigenvalue weighted by Crippen LogP contribution is 2.42. The van der Waals surface area contributed by atoms with Crippen molar-refractivity contribution in [3.8, 4) is 0 Å². The normalized spacial score (nSPS) is 29.5. The van der Waals surface area contributed by atoms with Crippen molar-refractivity contribution in [1.29, 1.82) is 0 Å². The van der Waals surface area contributed by atoms with E-state index in [0.29, 0.717) is 5.89 Å². The molecule has 0 bridgehead atoms. The van der Waals surface area contributed by atoms with Crippen LogP contribution in [-0.4, -0.2) is 53.7 Å². The summed E-state index contributed by atoms with van der Waals surface area (Å²) < 4.78 is 5.30. The van der Waals surface area contributed by atoms with Crippen LogP contribution in [0.2, 0.25) is 0 Å². The minimum Gasteiger partial charge on any atom is -0.337 e. The van der Waals surface area contributed by atoms with E-state index < -0.39 is 0 Å². The molecule has 1 unspecified atom stereocenters. The molecular weight excluding hydrogens is 218 g/mol. The highest BCUT2D eigenvalue weighted by Gasteiger charge is 2.46. The van der Waals surface area contributed by atoms with Crippen LogP contribution in [0, 0.1) is 0 Å². The molecule has 1 atom stereocenters. The Labute approximate surface area is 101 Å². The van der Waals surface area contributed by atoms with Crippen molar-refractivity contribution in [2.45, 2.75) is 24.4 Å². The third kappa shape index (κ3) is 1.96. The zero-order valence-electron chi connectivity index (χ0n) is 10.4. The quantitative estimate of drug-likeness (QED) is 0.776. The molecule has 0 amide bonds. The second-order valence-corrected chi connectivity index (χ2v) is 5.37. The minimum atomic E-state index is -0.329. The first-order valence-electron chi connectivity index (χ1n) is 6.10. The summed E-state index contributed by atoms with van der Waals surface area (Å²) in [5, 5.41) is 4.10. The second-order valence-electron chi connectivity index (χ2n) is 5.37. The Morgan fingerprint density at radius 1 is 1.35 bits per heavy atom. The van der Waals surface area contributed by atoms with E-state index in [1.807, 2.05) is 0 Å². The van der Waals surface area contributed by atoms with E-state index in [9.17, 15) is 0 Å². The van der Waals surface area contributed by atoms with Gasteiger partial charge in [0.2, 0.25) is 5.89 Å². The third-order valence-corrected chi connectivity index (χ3v) is 3.81. The molecule has 3 rings (SSSR count). The van der Waals surface area contributed by atoms with Crippen LogP contribution in [0.15, 0.2) is 4.52 Å². The second kappa shape index (κ2) is 3.76. The van der Waals surface area contributed by atoms with E-state index >= 15 is 0 Å². The Hall–Kier alpha value is -0.980. The van der Waals surface area contributed by atoms with Crippen molar-refractivity contribution in [3.05, 3.63) is 11.7 Å². The van der Waals surface area contributed by atoms with Crippen LogP contribution in [0.3, 0.4) is 0 Å². The molecule has 1 aliphatic carbocycles. The summed E-state index contributed by atoms with van der Waals surface area (Å²) in [4.78, 5) is 9.04. The molecule has 17 heavy (non-hydrogen) atoms. The van der Waals surface area contributed by atoms with Gasteiger partial charge in [0.05, 0.1) is 11.6 Å². The first kappa shape index (κ1) is 11.1. The molecule has 1 aliphatic heterocycles. The molecule has 0 aromatic carbocycles. The van der Waals surface area contributed by atoms with Crippen molar-refractivity contribution in [2.24, 2.45) is 5.73 Å². The number of hydrogen-bond donors (Lipinski definition) is 1. The van der Waals surface area contributed by atoms with E-state index in [2.05, 4.69) is 34.0 Å². The number of hydrogen-bond acceptors (Lipinski definition) is 6. The Balaban J connectivity index is 1.80. The van der Waals surface area contributed by atoms with Gasteiger partial charge in [-0.15, -0.1) is 0 Å². The highest BCUT2D eigenvalue weighted by atomic mass is 16.5. The molecule has 0 spiro atoms. The van der Waals surface area contributed by atoms with Crippen molar-refractivity contribution in [3.63, 3.8) is 0 Å². The summed E-state index contributed by atoms with van der Waals surface area (Å²) in [6.07, 6.45) is 1.91. The number of rotatable bonds is 2. The van der Waals surface area contributed by atoms with Gasteiger partial charge in [-0.2, -0.15) is 4.98 Å². The highest BCUT2D eigenvalue weighted by molar-refractivity contribution is 5.12. The van der Waals surface area contributed by atoms with Gasteiger partial charge in [-0.05, 0) is 26.9 Å². The van der Waals surface area contributed by atoms with Crippen LogP contribution in [0.25, 0.3) is 0 Å². The lowest BCUT2D eigenvalue weighted by Gasteiger charge is -2.35. The molecule has 2 N–H and O–H groups in total. The maximum Gasteiger partial charge on any atom is 0.246 e. The van der Waals surface area contributed by atoms with Crippen molar-refractivity contribution < 1.29 is 4.52 Å². The predicted molar refractivity (Wildman–Crippen MR) is 62.3 cm³/mol. The zero-order chi connectivity index (χ0) is 12.0. The number of likely N-dealkylation sites (N-methyl/N-ethyl adjacent to an activating group) is 2. The molecule has 2 aliphatic rings. The Morgan fingerprint density at radius 2 is 2.12 bits per heavy atom. The van der Waals surface area contributed by atoms with Gasteiger partial charge in [0.1, 0.15) is 0 Å². The first-order valence-corrected chi connectivity index (χ1v) is 6.10. The maximum absolute atomic E-state index is 6.05. The fourth-order valence-electron chi connectivity index (χ4n) is 2.21. The SMILES string of the molecule is CN1CCN(C)C(c2noc(C3(N)CC3)n2)C1. The molecule has 1 aromatic heterocycles. The summed E-state index contributed by atoms with van der Waals surface area (Å²) in [5.74, 6) is 1.37. The average Bonchev–Trinajstić information content (AvgIpc) is 2.88. The fourth-order valence-corrected chi connectivity index (χ4v) is 2.21. The molecule has 94 valence electrons. The van der Waals surface area contributed by atoms with Gasteiger partial charge >= 0.3 is 0 Å². The molecule has 6 heteroatoms. The smallest absolute Gasteiger partial charge is 0.246 e. The van der Waals surface area contributed by atoms with Gasteiger partial charge in [-0.25, -0.2) is 0 Å². The summed E-state index contributed by atoms with van der Waals surface area (Å²) in [5.41, 5.74) is 5.72. The average molecular weight is 237 g/mol. The van der Waals surface area contributed by atoms with Gasteiger partial charge in [0.25, 0.3) is 0 Å². The summed E-state index contributed by atoms with van der Waals surface area (Å²) in [6, 6.07) is 0.216. The topological polar surface area (TPSA) is 71.4 Å². The van der Waals surface area contributed by atoms with Crippen LogP contribution in [0.4, 0.5) is 0 Å². The largest absolute Gasteiger partial charge is 0.337 e. The molecule has 1 saturated heterocycles. The van der Waals surface area contributed by atoms with Gasteiger partial charge in [0, 0.05) is 19.6 Å². The van der Waals surface area contributed by atoms with E-state index in [1.165, 1.54) is 0 Å².